The van der Waals surface area contributed by atoms with Crippen LogP contribution in [0.25, 0.3) is 0 Å². The summed E-state index contributed by atoms with van der Waals surface area (Å²) < 4.78 is 16.7. The second kappa shape index (κ2) is 20.3. The van der Waals surface area contributed by atoms with E-state index < -0.39 is 42.6 Å². The quantitative estimate of drug-likeness (QED) is 0.0906. The molecule has 1 rings (SSSR count). The zero-order valence-electron chi connectivity index (χ0n) is 24.1. The zero-order valence-corrected chi connectivity index (χ0v) is 24.9. The molecule has 0 aliphatic carbocycles. The molecule has 40 heavy (non-hydrogen) atoms. The molecule has 1 heterocycles. The summed E-state index contributed by atoms with van der Waals surface area (Å²) in [6, 6.07) is 0. The Bertz CT molecular complexity index is 750. The monoisotopic (exact) mass is 596 g/mol. The fraction of sp³-hybridized carbons (Fsp3) is 0.880. The highest BCUT2D eigenvalue weighted by Crippen LogP contribution is 2.25. The highest BCUT2D eigenvalue weighted by atomic mass is 32.2. The summed E-state index contributed by atoms with van der Waals surface area (Å²) in [4.78, 5) is 39.6. The van der Waals surface area contributed by atoms with Gasteiger partial charge in [0, 0.05) is 52.2 Å². The van der Waals surface area contributed by atoms with Gasteiger partial charge in [-0.05, 0) is 32.7 Å². The molecule has 0 bridgehead atoms. The number of aliphatic carboxylic acids is 2. The average molecular weight is 597 g/mol. The first-order valence-corrected chi connectivity index (χ1v) is 14.7. The number of amides is 1. The van der Waals surface area contributed by atoms with Gasteiger partial charge in [0.15, 0.2) is 6.29 Å². The van der Waals surface area contributed by atoms with Crippen molar-refractivity contribution in [1.82, 2.24) is 20.0 Å². The Morgan fingerprint density at radius 1 is 0.925 bits per heavy atom. The third kappa shape index (κ3) is 14.9. The maximum absolute atomic E-state index is 12.4. The van der Waals surface area contributed by atoms with E-state index in [-0.39, 0.29) is 25.5 Å². The first kappa shape index (κ1) is 36.5. The Morgan fingerprint density at radius 2 is 1.57 bits per heavy atom. The molecule has 234 valence electrons. The van der Waals surface area contributed by atoms with E-state index in [4.69, 9.17) is 19.3 Å². The standard InChI is InChI=1S/C25H48N4O10S/c1-5-18-22(35)23(36)24(25(37-4)39-18)38-12-6-13-40-14-7-26-19(30)15-29(17-21(33)34)11-10-27(2)8-9-28(3)16-20(31)32/h18,22-25,35-36H,5-17H2,1-4H3,(H,26,30)(H,31,32)(H,33,34)/t18?,22-,23+,24?,25+/m1/s1. The van der Waals surface area contributed by atoms with Crippen molar-refractivity contribution in [2.45, 2.75) is 50.5 Å². The molecular weight excluding hydrogens is 548 g/mol. The number of aliphatic hydroxyl groups is 2. The number of aliphatic hydroxyl groups excluding tert-OH is 2. The van der Waals surface area contributed by atoms with Crippen molar-refractivity contribution in [3.8, 4) is 0 Å². The lowest BCUT2D eigenvalue weighted by atomic mass is 9.97. The minimum atomic E-state index is -1.10. The van der Waals surface area contributed by atoms with Gasteiger partial charge in [0.25, 0.3) is 0 Å². The van der Waals surface area contributed by atoms with Crippen LogP contribution in [-0.2, 0) is 28.6 Å². The van der Waals surface area contributed by atoms with E-state index in [2.05, 4.69) is 5.32 Å². The van der Waals surface area contributed by atoms with Gasteiger partial charge in [0.2, 0.25) is 5.91 Å². The number of ether oxygens (including phenoxy) is 3. The van der Waals surface area contributed by atoms with E-state index in [1.165, 1.54) is 7.11 Å². The summed E-state index contributed by atoms with van der Waals surface area (Å²) in [6.07, 6.45) is -2.94. The topological polar surface area (TPSA) is 182 Å². The fourth-order valence-electron chi connectivity index (χ4n) is 4.09. The van der Waals surface area contributed by atoms with Crippen LogP contribution in [-0.4, -0.2) is 175 Å². The number of likely N-dealkylation sites (N-methyl/N-ethyl adjacent to an activating group) is 2. The molecule has 0 saturated carbocycles. The van der Waals surface area contributed by atoms with Gasteiger partial charge in [-0.25, -0.2) is 0 Å². The van der Waals surface area contributed by atoms with Gasteiger partial charge < -0.3 is 44.9 Å². The molecule has 14 nitrogen and oxygen atoms in total. The van der Waals surface area contributed by atoms with Crippen molar-refractivity contribution in [2.75, 3.05) is 91.7 Å². The number of hydrogen-bond acceptors (Lipinski definition) is 12. The third-order valence-corrected chi connectivity index (χ3v) is 7.45. The number of nitrogens with one attached hydrogen (secondary N) is 1. The Balaban J connectivity index is 2.24. The molecule has 5 N–H and O–H groups in total. The van der Waals surface area contributed by atoms with Crippen LogP contribution in [0.3, 0.4) is 0 Å². The summed E-state index contributed by atoms with van der Waals surface area (Å²) in [6.45, 7) is 4.39. The van der Waals surface area contributed by atoms with Crippen LogP contribution in [0.15, 0.2) is 0 Å². The molecule has 15 heteroatoms. The molecule has 0 aromatic carbocycles. The van der Waals surface area contributed by atoms with E-state index >= 15 is 0 Å². The molecule has 1 fully saturated rings. The number of carboxylic acid groups (broad SMARTS) is 2. The first-order valence-electron chi connectivity index (χ1n) is 13.5. The molecular formula is C25H48N4O10S. The lowest BCUT2D eigenvalue weighted by Gasteiger charge is -2.41. The van der Waals surface area contributed by atoms with Crippen LogP contribution >= 0.6 is 11.8 Å². The van der Waals surface area contributed by atoms with Crippen LogP contribution in [0.1, 0.15) is 19.8 Å². The number of methoxy groups -OCH3 is 1. The van der Waals surface area contributed by atoms with Crippen molar-refractivity contribution in [3.63, 3.8) is 0 Å². The predicted octanol–water partition coefficient (Wildman–Crippen LogP) is -1.55. The zero-order chi connectivity index (χ0) is 30.1. The minimum Gasteiger partial charge on any atom is -0.480 e. The Hall–Kier alpha value is -1.56. The van der Waals surface area contributed by atoms with Crippen molar-refractivity contribution >= 4 is 29.6 Å². The maximum atomic E-state index is 12.4. The first-order chi connectivity index (χ1) is 19.0. The molecule has 5 atom stereocenters. The molecule has 1 aliphatic heterocycles. The number of hydrogen-bond donors (Lipinski definition) is 5. The predicted molar refractivity (Wildman–Crippen MR) is 149 cm³/mol. The molecule has 1 saturated heterocycles. The van der Waals surface area contributed by atoms with Crippen LogP contribution in [0.2, 0.25) is 0 Å². The minimum absolute atomic E-state index is 0.0330. The van der Waals surface area contributed by atoms with E-state index in [0.717, 1.165) is 5.75 Å². The Kier molecular flexibility index (Phi) is 18.5. The second-order valence-corrected chi connectivity index (χ2v) is 11.1. The third-order valence-electron chi connectivity index (χ3n) is 6.38. The average Bonchev–Trinajstić information content (AvgIpc) is 2.89. The second-order valence-electron chi connectivity index (χ2n) is 9.86. The highest BCUT2D eigenvalue weighted by molar-refractivity contribution is 7.99. The number of thioether (sulfide) groups is 1. The van der Waals surface area contributed by atoms with Gasteiger partial charge >= 0.3 is 11.9 Å². The lowest BCUT2D eigenvalue weighted by molar-refractivity contribution is -0.299. The normalized spacial score (nSPS) is 23.2. The Morgan fingerprint density at radius 3 is 2.20 bits per heavy atom. The summed E-state index contributed by atoms with van der Waals surface area (Å²) >= 11 is 1.62. The van der Waals surface area contributed by atoms with Crippen LogP contribution in [0.5, 0.6) is 0 Å². The van der Waals surface area contributed by atoms with Crippen molar-refractivity contribution in [3.05, 3.63) is 0 Å². The fourth-order valence-corrected chi connectivity index (χ4v) is 4.87. The molecule has 0 radical (unpaired) electrons. The van der Waals surface area contributed by atoms with Gasteiger partial charge in [-0.1, -0.05) is 6.92 Å². The molecule has 2 unspecified atom stereocenters. The van der Waals surface area contributed by atoms with Gasteiger partial charge in [0.1, 0.15) is 18.3 Å². The van der Waals surface area contributed by atoms with E-state index in [1.54, 1.807) is 28.6 Å². The molecule has 1 amide bonds. The maximum Gasteiger partial charge on any atom is 0.317 e. The van der Waals surface area contributed by atoms with E-state index in [0.29, 0.717) is 57.9 Å². The number of carbonyl (C=O) groups is 3. The van der Waals surface area contributed by atoms with Gasteiger partial charge in [0.05, 0.1) is 25.7 Å². The van der Waals surface area contributed by atoms with Crippen LogP contribution in [0, 0.1) is 0 Å². The SMILES string of the molecule is CCC1O[C@H](OC)C(OCCCSCCNC(=O)CN(CCN(C)CCN(C)CC(=O)O)CC(=O)O)[C@@H](O)[C@@H]1O. The van der Waals surface area contributed by atoms with Crippen LogP contribution < -0.4 is 5.32 Å². The van der Waals surface area contributed by atoms with Crippen molar-refractivity contribution in [2.24, 2.45) is 0 Å². The number of carbonyl (C=O) groups excluding carboxylic acids is 1. The molecule has 1 aliphatic rings. The molecule has 0 aromatic heterocycles. The van der Waals surface area contributed by atoms with Crippen LogP contribution in [0.4, 0.5) is 0 Å². The van der Waals surface area contributed by atoms with E-state index in [9.17, 15) is 29.7 Å². The van der Waals surface area contributed by atoms with Gasteiger partial charge in [-0.3, -0.25) is 24.2 Å². The summed E-state index contributed by atoms with van der Waals surface area (Å²) in [5, 5.41) is 41.4. The van der Waals surface area contributed by atoms with Gasteiger partial charge in [-0.15, -0.1) is 0 Å². The summed E-state index contributed by atoms with van der Waals surface area (Å²) in [5.41, 5.74) is 0. The highest BCUT2D eigenvalue weighted by Gasteiger charge is 2.44. The Labute approximate surface area is 240 Å². The van der Waals surface area contributed by atoms with Crippen molar-refractivity contribution < 1.29 is 49.0 Å². The van der Waals surface area contributed by atoms with E-state index in [1.807, 2.05) is 18.9 Å². The number of rotatable bonds is 22. The van der Waals surface area contributed by atoms with Crippen molar-refractivity contribution in [1.29, 1.82) is 0 Å². The summed E-state index contributed by atoms with van der Waals surface area (Å²) in [7, 11) is 5.05. The molecule has 0 aromatic rings. The largest absolute Gasteiger partial charge is 0.480 e. The lowest BCUT2D eigenvalue weighted by Crippen LogP contribution is -2.58. The summed E-state index contributed by atoms with van der Waals surface area (Å²) in [5.74, 6) is -0.733. The molecule has 0 spiro atoms. The number of carboxylic acids is 2. The van der Waals surface area contributed by atoms with Gasteiger partial charge in [-0.2, -0.15) is 11.8 Å². The number of nitrogens with zero attached hydrogens (tertiary/aromatic N) is 3. The smallest absolute Gasteiger partial charge is 0.317 e.